The van der Waals surface area contributed by atoms with E-state index in [0.29, 0.717) is 29.8 Å². The second-order valence-electron chi connectivity index (χ2n) is 5.42. The third-order valence-electron chi connectivity index (χ3n) is 3.32. The van der Waals surface area contributed by atoms with E-state index in [9.17, 15) is 4.39 Å². The molecule has 1 aromatic carbocycles. The number of para-hydroxylation sites is 1. The molecule has 0 spiro atoms. The average Bonchev–Trinajstić information content (AvgIpc) is 2.68. The summed E-state index contributed by atoms with van der Waals surface area (Å²) in [4.78, 5) is 4.43. The van der Waals surface area contributed by atoms with E-state index < -0.39 is 0 Å². The van der Waals surface area contributed by atoms with Crippen molar-refractivity contribution in [3.05, 3.63) is 29.8 Å². The highest BCUT2D eigenvalue weighted by atomic mass is 35.5. The summed E-state index contributed by atoms with van der Waals surface area (Å²) in [5.74, 6) is 1.70. The largest absolute Gasteiger partial charge is 0.325 e. The minimum atomic E-state index is -0.260. The topological polar surface area (TPSA) is 17.8 Å². The van der Waals surface area contributed by atoms with Gasteiger partial charge in [-0.1, -0.05) is 19.9 Å². The molecular weight excluding hydrogens is 263 g/mol. The zero-order valence-electron chi connectivity index (χ0n) is 11.7. The van der Waals surface area contributed by atoms with Crippen LogP contribution in [0, 0.1) is 11.7 Å². The number of halogens is 2. The van der Waals surface area contributed by atoms with Crippen LogP contribution in [0.2, 0.25) is 0 Å². The Morgan fingerprint density at radius 3 is 2.68 bits per heavy atom. The molecule has 1 aromatic heterocycles. The summed E-state index contributed by atoms with van der Waals surface area (Å²) >= 11 is 5.84. The van der Waals surface area contributed by atoms with Gasteiger partial charge >= 0.3 is 0 Å². The second-order valence-corrected chi connectivity index (χ2v) is 5.80. The molecule has 0 N–H and O–H groups in total. The van der Waals surface area contributed by atoms with Crippen LogP contribution in [0.3, 0.4) is 0 Å². The Bertz CT molecular complexity index is 563. The van der Waals surface area contributed by atoms with Gasteiger partial charge in [-0.3, -0.25) is 0 Å². The number of imidazole rings is 1. The highest BCUT2D eigenvalue weighted by Gasteiger charge is 2.18. The van der Waals surface area contributed by atoms with Gasteiger partial charge in [-0.05, 0) is 31.4 Å². The van der Waals surface area contributed by atoms with Crippen LogP contribution in [0.15, 0.2) is 18.2 Å². The Hall–Kier alpha value is -1.09. The van der Waals surface area contributed by atoms with Crippen LogP contribution < -0.4 is 0 Å². The Labute approximate surface area is 118 Å². The van der Waals surface area contributed by atoms with Crippen LogP contribution in [0.25, 0.3) is 11.0 Å². The van der Waals surface area contributed by atoms with Crippen molar-refractivity contribution in [2.45, 2.75) is 39.7 Å². The summed E-state index contributed by atoms with van der Waals surface area (Å²) in [6.07, 6.45) is 1.70. The fraction of sp³-hybridized carbons (Fsp3) is 0.533. The first kappa shape index (κ1) is 14.3. The van der Waals surface area contributed by atoms with Gasteiger partial charge in [0.25, 0.3) is 0 Å². The van der Waals surface area contributed by atoms with Crippen molar-refractivity contribution in [1.82, 2.24) is 9.55 Å². The molecule has 0 fully saturated rings. The van der Waals surface area contributed by atoms with Crippen LogP contribution >= 0.6 is 11.6 Å². The highest BCUT2D eigenvalue weighted by Crippen LogP contribution is 2.27. The molecule has 0 aliphatic carbocycles. The number of nitrogens with zero attached hydrogens (tertiary/aromatic N) is 2. The number of aryl methyl sites for hydroxylation is 1. The molecule has 0 aliphatic rings. The van der Waals surface area contributed by atoms with Gasteiger partial charge in [0.05, 0.1) is 5.52 Å². The predicted octanol–water partition coefficient (Wildman–Crippen LogP) is 4.56. The van der Waals surface area contributed by atoms with Crippen molar-refractivity contribution in [3.8, 4) is 0 Å². The number of alkyl halides is 1. The molecular formula is C15H20ClFN2. The van der Waals surface area contributed by atoms with E-state index in [1.807, 2.05) is 6.07 Å². The molecule has 104 valence electrons. The first-order valence-corrected chi connectivity index (χ1v) is 7.29. The van der Waals surface area contributed by atoms with Crippen molar-refractivity contribution in [2.75, 3.05) is 5.88 Å². The van der Waals surface area contributed by atoms with E-state index in [4.69, 9.17) is 11.6 Å². The summed E-state index contributed by atoms with van der Waals surface area (Å²) in [6, 6.07) is 5.42. The maximum absolute atomic E-state index is 13.8. The Kier molecular flexibility index (Phi) is 4.46. The van der Waals surface area contributed by atoms with Crippen LogP contribution in [0.1, 0.15) is 39.1 Å². The van der Waals surface area contributed by atoms with Crippen LogP contribution in [0.4, 0.5) is 4.39 Å². The van der Waals surface area contributed by atoms with Crippen molar-refractivity contribution in [3.63, 3.8) is 0 Å². The van der Waals surface area contributed by atoms with Gasteiger partial charge in [-0.2, -0.15) is 0 Å². The molecule has 0 bridgehead atoms. The third-order valence-corrected chi connectivity index (χ3v) is 3.50. The van der Waals surface area contributed by atoms with Crippen molar-refractivity contribution in [1.29, 1.82) is 0 Å². The lowest BCUT2D eigenvalue weighted by molar-refractivity contribution is 0.426. The standard InChI is InChI=1S/C15H20ClFN2/c1-10(2)9-11(3)19-13-6-4-5-12(17)15(13)18-14(19)7-8-16/h4-6,10-11H,7-9H2,1-3H3. The van der Waals surface area contributed by atoms with Crippen molar-refractivity contribution < 1.29 is 4.39 Å². The minimum absolute atomic E-state index is 0.260. The fourth-order valence-electron chi connectivity index (χ4n) is 2.67. The van der Waals surface area contributed by atoms with E-state index in [-0.39, 0.29) is 5.82 Å². The van der Waals surface area contributed by atoms with Crippen molar-refractivity contribution >= 4 is 22.6 Å². The molecule has 0 radical (unpaired) electrons. The molecule has 0 saturated heterocycles. The number of rotatable bonds is 5. The van der Waals surface area contributed by atoms with Crippen LogP contribution in [-0.4, -0.2) is 15.4 Å². The lowest BCUT2D eigenvalue weighted by atomic mass is 10.0. The highest BCUT2D eigenvalue weighted by molar-refractivity contribution is 6.17. The second kappa shape index (κ2) is 5.91. The maximum Gasteiger partial charge on any atom is 0.151 e. The average molecular weight is 283 g/mol. The molecule has 2 aromatic rings. The molecule has 2 nitrogen and oxygen atoms in total. The SMILES string of the molecule is CC(C)CC(C)n1c(CCCl)nc2c(F)cccc21. The third kappa shape index (κ3) is 2.92. The molecule has 2 rings (SSSR count). The zero-order valence-corrected chi connectivity index (χ0v) is 12.4. The quantitative estimate of drug-likeness (QED) is 0.735. The van der Waals surface area contributed by atoms with Gasteiger partial charge in [-0.15, -0.1) is 11.6 Å². The van der Waals surface area contributed by atoms with Crippen molar-refractivity contribution in [2.24, 2.45) is 5.92 Å². The Balaban J connectivity index is 2.55. The maximum atomic E-state index is 13.8. The Morgan fingerprint density at radius 1 is 1.32 bits per heavy atom. The first-order chi connectivity index (χ1) is 9.04. The van der Waals surface area contributed by atoms with Gasteiger partial charge in [0.1, 0.15) is 11.3 Å². The predicted molar refractivity (Wildman–Crippen MR) is 78.3 cm³/mol. The smallest absolute Gasteiger partial charge is 0.151 e. The summed E-state index contributed by atoms with van der Waals surface area (Å²) in [6.45, 7) is 6.54. The van der Waals surface area contributed by atoms with E-state index in [1.54, 1.807) is 6.07 Å². The normalized spacial score (nSPS) is 13.4. The van der Waals surface area contributed by atoms with Crippen LogP contribution in [-0.2, 0) is 6.42 Å². The van der Waals surface area contributed by atoms with E-state index in [0.717, 1.165) is 17.8 Å². The lowest BCUT2D eigenvalue weighted by Gasteiger charge is -2.19. The molecule has 1 atom stereocenters. The fourth-order valence-corrected chi connectivity index (χ4v) is 2.84. The molecule has 0 saturated carbocycles. The van der Waals surface area contributed by atoms with E-state index in [2.05, 4.69) is 30.3 Å². The number of hydrogen-bond acceptors (Lipinski definition) is 1. The number of benzene rings is 1. The van der Waals surface area contributed by atoms with Gasteiger partial charge in [0, 0.05) is 18.3 Å². The summed E-state index contributed by atoms with van der Waals surface area (Å²) < 4.78 is 16.0. The molecule has 1 unspecified atom stereocenters. The number of hydrogen-bond donors (Lipinski definition) is 0. The molecule has 0 aliphatic heterocycles. The van der Waals surface area contributed by atoms with E-state index >= 15 is 0 Å². The van der Waals surface area contributed by atoms with Gasteiger partial charge < -0.3 is 4.57 Å². The molecule has 0 amide bonds. The zero-order chi connectivity index (χ0) is 14.0. The van der Waals surface area contributed by atoms with Gasteiger partial charge in [0.15, 0.2) is 5.82 Å². The number of fused-ring (bicyclic) bond motifs is 1. The van der Waals surface area contributed by atoms with Gasteiger partial charge in [0.2, 0.25) is 0 Å². The Morgan fingerprint density at radius 2 is 2.05 bits per heavy atom. The molecule has 4 heteroatoms. The minimum Gasteiger partial charge on any atom is -0.325 e. The molecule has 1 heterocycles. The summed E-state index contributed by atoms with van der Waals surface area (Å²) in [7, 11) is 0. The number of aromatic nitrogens is 2. The van der Waals surface area contributed by atoms with Gasteiger partial charge in [-0.25, -0.2) is 9.37 Å². The summed E-state index contributed by atoms with van der Waals surface area (Å²) in [5.41, 5.74) is 1.33. The lowest BCUT2D eigenvalue weighted by Crippen LogP contribution is -2.12. The van der Waals surface area contributed by atoms with E-state index in [1.165, 1.54) is 6.07 Å². The summed E-state index contributed by atoms with van der Waals surface area (Å²) in [5, 5.41) is 0. The van der Waals surface area contributed by atoms with Crippen LogP contribution in [0.5, 0.6) is 0 Å². The first-order valence-electron chi connectivity index (χ1n) is 6.75. The molecule has 19 heavy (non-hydrogen) atoms. The monoisotopic (exact) mass is 282 g/mol.